The fourth-order valence-electron chi connectivity index (χ4n) is 4.60. The van der Waals surface area contributed by atoms with E-state index in [1.54, 1.807) is 16.7 Å². The van der Waals surface area contributed by atoms with Crippen LogP contribution in [0.25, 0.3) is 6.08 Å². The second-order valence-corrected chi connectivity index (χ2v) is 9.80. The van der Waals surface area contributed by atoms with Crippen molar-refractivity contribution in [1.29, 1.82) is 5.26 Å². The van der Waals surface area contributed by atoms with E-state index in [9.17, 15) is 14.9 Å². The van der Waals surface area contributed by atoms with Crippen LogP contribution in [0.4, 0.5) is 0 Å². The molecule has 5 rings (SSSR count). The Balaban J connectivity index is 1.61. The highest BCUT2D eigenvalue weighted by Crippen LogP contribution is 2.31. The molecule has 0 saturated heterocycles. The fraction of sp³-hybridized carbons (Fsp3) is 0.161. The topological polar surface area (TPSA) is 93.7 Å². The van der Waals surface area contributed by atoms with Crippen LogP contribution >= 0.6 is 11.3 Å². The van der Waals surface area contributed by atoms with Gasteiger partial charge in [-0.05, 0) is 30.2 Å². The third-order valence-corrected chi connectivity index (χ3v) is 7.48. The van der Waals surface area contributed by atoms with Crippen molar-refractivity contribution < 1.29 is 14.3 Å². The summed E-state index contributed by atoms with van der Waals surface area (Å²) in [4.78, 5) is 32.0. The molecule has 0 aliphatic carbocycles. The molecule has 0 N–H and O–H groups in total. The van der Waals surface area contributed by atoms with Gasteiger partial charge in [-0.25, -0.2) is 9.79 Å². The van der Waals surface area contributed by atoms with E-state index < -0.39 is 12.0 Å². The molecular weight excluding hydrogens is 510 g/mol. The van der Waals surface area contributed by atoms with Crippen LogP contribution in [0.3, 0.4) is 0 Å². The molecule has 0 saturated carbocycles. The number of allylic oxidation sites excluding steroid dienone is 1. The lowest BCUT2D eigenvalue weighted by Gasteiger charge is -2.25. The summed E-state index contributed by atoms with van der Waals surface area (Å²) in [5, 5.41) is 9.40. The predicted octanol–water partition coefficient (Wildman–Crippen LogP) is 4.25. The first kappa shape index (κ1) is 25.9. The summed E-state index contributed by atoms with van der Waals surface area (Å²) in [5.41, 5.74) is 3.56. The molecule has 2 heterocycles. The third kappa shape index (κ3) is 5.05. The number of hydrogen-bond donors (Lipinski definition) is 0. The van der Waals surface area contributed by atoms with Crippen LogP contribution in [-0.4, -0.2) is 17.6 Å². The molecule has 194 valence electrons. The minimum Gasteiger partial charge on any atom is -0.488 e. The van der Waals surface area contributed by atoms with Crippen molar-refractivity contribution in [3.63, 3.8) is 0 Å². The lowest BCUT2D eigenvalue weighted by Crippen LogP contribution is -2.40. The van der Waals surface area contributed by atoms with Gasteiger partial charge < -0.3 is 9.47 Å². The van der Waals surface area contributed by atoms with Gasteiger partial charge in [0, 0.05) is 11.1 Å². The minimum atomic E-state index is -0.652. The number of para-hydroxylation sites is 1. The number of carbonyl (C=O) groups excluding carboxylic acids is 1. The van der Waals surface area contributed by atoms with Crippen molar-refractivity contribution in [3.8, 4) is 11.8 Å². The van der Waals surface area contributed by atoms with Crippen molar-refractivity contribution in [2.75, 3.05) is 7.11 Å². The van der Waals surface area contributed by atoms with Crippen molar-refractivity contribution in [1.82, 2.24) is 4.57 Å². The normalized spacial score (nSPS) is 14.8. The first-order valence-electron chi connectivity index (χ1n) is 12.4. The van der Waals surface area contributed by atoms with E-state index in [1.165, 1.54) is 18.4 Å². The largest absolute Gasteiger partial charge is 0.488 e. The summed E-state index contributed by atoms with van der Waals surface area (Å²) in [5.74, 6) is 0.0790. The second kappa shape index (κ2) is 11.3. The van der Waals surface area contributed by atoms with Gasteiger partial charge in [0.2, 0.25) is 0 Å². The number of hydrogen-bond acceptors (Lipinski definition) is 7. The van der Waals surface area contributed by atoms with Gasteiger partial charge in [-0.1, -0.05) is 85.0 Å². The van der Waals surface area contributed by atoms with E-state index in [1.807, 2.05) is 79.7 Å². The molecule has 1 aromatic heterocycles. The fourth-order valence-corrected chi connectivity index (χ4v) is 5.61. The molecule has 0 radical (unpaired) electrons. The summed E-state index contributed by atoms with van der Waals surface area (Å²) in [7, 11) is 1.34. The average molecular weight is 536 g/mol. The number of esters is 1. The monoisotopic (exact) mass is 535 g/mol. The molecular formula is C31H25N3O4S. The highest BCUT2D eigenvalue weighted by molar-refractivity contribution is 7.07. The van der Waals surface area contributed by atoms with Gasteiger partial charge in [-0.2, -0.15) is 5.26 Å². The van der Waals surface area contributed by atoms with Gasteiger partial charge >= 0.3 is 5.97 Å². The molecule has 4 aromatic rings. The van der Waals surface area contributed by atoms with E-state index in [2.05, 4.69) is 6.07 Å². The zero-order valence-corrected chi connectivity index (χ0v) is 22.3. The molecule has 39 heavy (non-hydrogen) atoms. The zero-order valence-electron chi connectivity index (χ0n) is 21.5. The highest BCUT2D eigenvalue weighted by Gasteiger charge is 2.33. The van der Waals surface area contributed by atoms with Crippen molar-refractivity contribution in [2.24, 2.45) is 4.99 Å². The number of benzene rings is 3. The number of carbonyl (C=O) groups is 1. The van der Waals surface area contributed by atoms with Gasteiger partial charge in [0.1, 0.15) is 12.4 Å². The summed E-state index contributed by atoms with van der Waals surface area (Å²) in [6.45, 7) is 2.14. The first-order valence-corrected chi connectivity index (χ1v) is 13.2. The minimum absolute atomic E-state index is 0.214. The molecule has 3 aromatic carbocycles. The van der Waals surface area contributed by atoms with E-state index in [-0.39, 0.29) is 12.2 Å². The van der Waals surface area contributed by atoms with Crippen LogP contribution in [0.2, 0.25) is 0 Å². The number of methoxy groups -OCH3 is 1. The molecule has 0 bridgehead atoms. The molecule has 1 aliphatic heterocycles. The predicted molar refractivity (Wildman–Crippen MR) is 149 cm³/mol. The number of nitrogens with zero attached hydrogens (tertiary/aromatic N) is 3. The summed E-state index contributed by atoms with van der Waals surface area (Å²) in [6, 6.07) is 25.7. The quantitative estimate of drug-likeness (QED) is 0.330. The molecule has 0 unspecified atom stereocenters. The van der Waals surface area contributed by atoms with Crippen LogP contribution in [0.1, 0.15) is 41.6 Å². The van der Waals surface area contributed by atoms with E-state index in [0.29, 0.717) is 38.3 Å². The zero-order chi connectivity index (χ0) is 27.4. The van der Waals surface area contributed by atoms with Crippen LogP contribution < -0.4 is 19.6 Å². The van der Waals surface area contributed by atoms with Crippen LogP contribution in [0, 0.1) is 11.3 Å². The number of rotatable bonds is 7. The number of nitriles is 1. The maximum atomic E-state index is 13.9. The lowest BCUT2D eigenvalue weighted by atomic mass is 9.95. The van der Waals surface area contributed by atoms with Crippen LogP contribution in [0.15, 0.2) is 99.9 Å². The standard InChI is InChI=1S/C31H25N3O4S/c1-3-24-27(30(36)37-2)28(20-11-5-4-6-12-20)34-29(35)26(39-31(34)33-24)17-21-13-9-10-16-25(21)38-19-23-15-8-7-14-22(23)18-32/h4-17,28H,3,19H2,1-2H3/b26-17+/t28-/m1/s1. The van der Waals surface area contributed by atoms with Gasteiger partial charge in [0.05, 0.1) is 40.6 Å². The Labute approximate surface area is 229 Å². The van der Waals surface area contributed by atoms with E-state index >= 15 is 0 Å². The number of thiazole rings is 1. The number of fused-ring (bicyclic) bond motifs is 1. The van der Waals surface area contributed by atoms with E-state index in [4.69, 9.17) is 14.5 Å². The SMILES string of the molecule is CCC1=C(C(=O)OC)[C@@H](c2ccccc2)n2c(s/c(=C/c3ccccc3OCc3ccccc3C#N)c2=O)=N1. The van der Waals surface area contributed by atoms with Gasteiger partial charge in [-0.3, -0.25) is 9.36 Å². The van der Waals surface area contributed by atoms with Gasteiger partial charge in [0.15, 0.2) is 4.80 Å². The smallest absolute Gasteiger partial charge is 0.338 e. The number of aromatic nitrogens is 1. The summed E-state index contributed by atoms with van der Waals surface area (Å²) >= 11 is 1.27. The van der Waals surface area contributed by atoms with Gasteiger partial charge in [-0.15, -0.1) is 0 Å². The van der Waals surface area contributed by atoms with Crippen molar-refractivity contribution in [3.05, 3.63) is 132 Å². The molecule has 0 fully saturated rings. The molecule has 1 aliphatic rings. The van der Waals surface area contributed by atoms with Crippen molar-refractivity contribution in [2.45, 2.75) is 26.0 Å². The van der Waals surface area contributed by atoms with Crippen molar-refractivity contribution >= 4 is 23.4 Å². The Morgan fingerprint density at radius 1 is 1.08 bits per heavy atom. The molecule has 7 nitrogen and oxygen atoms in total. The highest BCUT2D eigenvalue weighted by atomic mass is 32.1. The molecule has 1 atom stereocenters. The lowest BCUT2D eigenvalue weighted by molar-refractivity contribution is -0.136. The molecule has 0 spiro atoms. The molecule has 8 heteroatoms. The Kier molecular flexibility index (Phi) is 7.53. The number of ether oxygens (including phenoxy) is 2. The third-order valence-electron chi connectivity index (χ3n) is 6.49. The Morgan fingerprint density at radius 3 is 2.54 bits per heavy atom. The maximum absolute atomic E-state index is 13.9. The summed E-state index contributed by atoms with van der Waals surface area (Å²) < 4.78 is 13.2. The van der Waals surface area contributed by atoms with E-state index in [0.717, 1.165) is 16.7 Å². The maximum Gasteiger partial charge on any atom is 0.338 e. The first-order chi connectivity index (χ1) is 19.0. The Hall–Kier alpha value is -4.74. The Morgan fingerprint density at radius 2 is 1.79 bits per heavy atom. The summed E-state index contributed by atoms with van der Waals surface area (Å²) in [6.07, 6.45) is 2.30. The molecule has 0 amide bonds. The second-order valence-electron chi connectivity index (χ2n) is 8.79. The van der Waals surface area contributed by atoms with Crippen LogP contribution in [-0.2, 0) is 16.1 Å². The Bertz CT molecular complexity index is 1800. The average Bonchev–Trinajstić information content (AvgIpc) is 3.29. The van der Waals surface area contributed by atoms with Crippen LogP contribution in [0.5, 0.6) is 5.75 Å². The van der Waals surface area contributed by atoms with Gasteiger partial charge in [0.25, 0.3) is 5.56 Å².